The van der Waals surface area contributed by atoms with Crippen molar-refractivity contribution in [3.8, 4) is 11.1 Å². The third kappa shape index (κ3) is 5.27. The summed E-state index contributed by atoms with van der Waals surface area (Å²) in [7, 11) is 1.98. The maximum atomic E-state index is 11.0. The molecule has 1 atom stereocenters. The van der Waals surface area contributed by atoms with Gasteiger partial charge in [0, 0.05) is 17.0 Å². The average molecular weight is 435 g/mol. The predicted molar refractivity (Wildman–Crippen MR) is 133 cm³/mol. The van der Waals surface area contributed by atoms with Crippen LogP contribution in [0.15, 0.2) is 42.5 Å². The van der Waals surface area contributed by atoms with Gasteiger partial charge in [0.1, 0.15) is 11.8 Å². The standard InChI is InChI=1S/C20H17N3OS.C5H13N/c1-2-4-17-23-18-19(25-17)15-8-7-14(10-16(15)22-20(18)21)13-6-3-5-12(9-13)11-24;1-4-5(2)6-3/h3,5-11H,2,4H2,1H3,(H2,21,22);5-6H,4H2,1-3H3. The predicted octanol–water partition coefficient (Wildman–Crippen LogP) is 5.86. The summed E-state index contributed by atoms with van der Waals surface area (Å²) in [5.41, 5.74) is 10.5. The first-order valence-electron chi connectivity index (χ1n) is 10.7. The van der Waals surface area contributed by atoms with Gasteiger partial charge in [-0.1, -0.05) is 44.2 Å². The highest BCUT2D eigenvalue weighted by Gasteiger charge is 2.13. The number of fused-ring (bicyclic) bond motifs is 3. The second-order valence-corrected chi connectivity index (χ2v) is 8.69. The number of carbonyl (C=O) groups excluding carboxylic acids is 1. The monoisotopic (exact) mass is 434 g/mol. The SMILES string of the molecule is CCC(C)NC.CCCc1nc2c(N)nc3cc(-c4cccc(C=O)c4)ccc3c2s1. The lowest BCUT2D eigenvalue weighted by Crippen LogP contribution is -2.19. The summed E-state index contributed by atoms with van der Waals surface area (Å²) in [6, 6.07) is 14.4. The number of benzene rings is 2. The molecule has 2 heterocycles. The number of hydrogen-bond acceptors (Lipinski definition) is 6. The van der Waals surface area contributed by atoms with Crippen LogP contribution in [0.5, 0.6) is 0 Å². The normalized spacial score (nSPS) is 11.9. The van der Waals surface area contributed by atoms with Crippen molar-refractivity contribution in [2.45, 2.75) is 46.1 Å². The van der Waals surface area contributed by atoms with Gasteiger partial charge in [0.25, 0.3) is 0 Å². The lowest BCUT2D eigenvalue weighted by Gasteiger charge is -2.06. The van der Waals surface area contributed by atoms with E-state index in [1.165, 1.54) is 6.42 Å². The Morgan fingerprint density at radius 1 is 1.13 bits per heavy atom. The molecule has 3 N–H and O–H groups in total. The van der Waals surface area contributed by atoms with Gasteiger partial charge in [0.05, 0.1) is 15.2 Å². The third-order valence-electron chi connectivity index (χ3n) is 5.32. The Hall–Kier alpha value is -2.83. The molecular formula is C25H30N4OS. The van der Waals surface area contributed by atoms with E-state index in [2.05, 4.69) is 48.2 Å². The maximum absolute atomic E-state index is 11.0. The second-order valence-electron chi connectivity index (χ2n) is 7.61. The molecule has 0 radical (unpaired) electrons. The summed E-state index contributed by atoms with van der Waals surface area (Å²) in [5.74, 6) is 0.472. The zero-order chi connectivity index (χ0) is 22.4. The largest absolute Gasteiger partial charge is 0.382 e. The van der Waals surface area contributed by atoms with E-state index >= 15 is 0 Å². The Morgan fingerprint density at radius 2 is 1.90 bits per heavy atom. The van der Waals surface area contributed by atoms with Crippen molar-refractivity contribution in [1.82, 2.24) is 15.3 Å². The maximum Gasteiger partial charge on any atom is 0.151 e. The number of aromatic nitrogens is 2. The summed E-state index contributed by atoms with van der Waals surface area (Å²) in [5, 5.41) is 5.28. The van der Waals surface area contributed by atoms with Gasteiger partial charge in [-0.05, 0) is 56.5 Å². The van der Waals surface area contributed by atoms with Gasteiger partial charge in [0.2, 0.25) is 0 Å². The van der Waals surface area contributed by atoms with Crippen LogP contribution >= 0.6 is 11.3 Å². The van der Waals surface area contributed by atoms with Crippen molar-refractivity contribution in [3.05, 3.63) is 53.0 Å². The molecule has 6 heteroatoms. The van der Waals surface area contributed by atoms with Crippen LogP contribution < -0.4 is 11.1 Å². The number of aryl methyl sites for hydroxylation is 1. The van der Waals surface area contributed by atoms with Crippen LogP contribution in [-0.4, -0.2) is 29.3 Å². The topological polar surface area (TPSA) is 80.9 Å². The molecule has 0 aliphatic heterocycles. The summed E-state index contributed by atoms with van der Waals surface area (Å²) in [6.07, 6.45) is 4.09. The number of nitrogens with two attached hydrogens (primary N) is 1. The fourth-order valence-electron chi connectivity index (χ4n) is 3.22. The lowest BCUT2D eigenvalue weighted by atomic mass is 10.0. The molecule has 0 fully saturated rings. The first-order valence-corrected chi connectivity index (χ1v) is 11.5. The van der Waals surface area contributed by atoms with Crippen molar-refractivity contribution in [1.29, 1.82) is 0 Å². The average Bonchev–Trinajstić information content (AvgIpc) is 3.23. The highest BCUT2D eigenvalue weighted by molar-refractivity contribution is 7.19. The summed E-state index contributed by atoms with van der Waals surface area (Å²) in [4.78, 5) is 20.2. The van der Waals surface area contributed by atoms with E-state index in [1.54, 1.807) is 17.4 Å². The van der Waals surface area contributed by atoms with E-state index in [1.807, 2.05) is 31.3 Å². The number of thiazole rings is 1. The van der Waals surface area contributed by atoms with Crippen LogP contribution in [0.2, 0.25) is 0 Å². The van der Waals surface area contributed by atoms with Crippen LogP contribution in [-0.2, 0) is 6.42 Å². The number of anilines is 1. The summed E-state index contributed by atoms with van der Waals surface area (Å²) in [6.45, 7) is 6.48. The number of pyridine rings is 1. The minimum absolute atomic E-state index is 0.472. The molecule has 0 bridgehead atoms. The van der Waals surface area contributed by atoms with Gasteiger partial charge in [-0.15, -0.1) is 11.3 Å². The minimum atomic E-state index is 0.472. The Balaban J connectivity index is 0.000000401. The highest BCUT2D eigenvalue weighted by atomic mass is 32.1. The smallest absolute Gasteiger partial charge is 0.151 e. The van der Waals surface area contributed by atoms with Crippen molar-refractivity contribution < 1.29 is 4.79 Å². The Labute approximate surface area is 187 Å². The number of aldehydes is 1. The van der Waals surface area contributed by atoms with Crippen molar-refractivity contribution >= 4 is 44.6 Å². The first kappa shape index (κ1) is 22.8. The molecule has 0 aliphatic rings. The number of nitrogens with zero attached hydrogens (tertiary/aromatic N) is 2. The molecule has 0 aliphatic carbocycles. The number of nitrogen functional groups attached to an aromatic ring is 1. The van der Waals surface area contributed by atoms with Gasteiger partial charge in [-0.3, -0.25) is 4.79 Å². The third-order valence-corrected chi connectivity index (χ3v) is 6.47. The van der Waals surface area contributed by atoms with Crippen LogP contribution in [0.4, 0.5) is 5.82 Å². The fourth-order valence-corrected chi connectivity index (χ4v) is 4.42. The van der Waals surface area contributed by atoms with E-state index < -0.39 is 0 Å². The molecule has 1 unspecified atom stereocenters. The Morgan fingerprint density at radius 3 is 2.55 bits per heavy atom. The quantitative estimate of drug-likeness (QED) is 0.371. The second kappa shape index (κ2) is 10.5. The molecule has 5 nitrogen and oxygen atoms in total. The fraction of sp³-hybridized carbons (Fsp3) is 0.320. The first-order chi connectivity index (χ1) is 15.0. The molecular weight excluding hydrogens is 404 g/mol. The van der Waals surface area contributed by atoms with Crippen molar-refractivity contribution in [3.63, 3.8) is 0 Å². The van der Waals surface area contributed by atoms with Gasteiger partial charge in [-0.25, -0.2) is 9.97 Å². The zero-order valence-electron chi connectivity index (χ0n) is 18.6. The number of carbonyl (C=O) groups is 1. The van der Waals surface area contributed by atoms with Gasteiger partial charge in [-0.2, -0.15) is 0 Å². The van der Waals surface area contributed by atoms with Crippen LogP contribution in [0, 0.1) is 0 Å². The molecule has 0 saturated heterocycles. The molecule has 2 aromatic carbocycles. The van der Waals surface area contributed by atoms with Crippen molar-refractivity contribution in [2.75, 3.05) is 12.8 Å². The van der Waals surface area contributed by atoms with E-state index in [-0.39, 0.29) is 0 Å². The number of hydrogen-bond donors (Lipinski definition) is 2. The molecule has 0 amide bonds. The van der Waals surface area contributed by atoms with E-state index in [0.717, 1.165) is 56.4 Å². The summed E-state index contributed by atoms with van der Waals surface area (Å²) < 4.78 is 1.10. The van der Waals surface area contributed by atoms with E-state index in [4.69, 9.17) is 5.73 Å². The van der Waals surface area contributed by atoms with E-state index in [9.17, 15) is 4.79 Å². The minimum Gasteiger partial charge on any atom is -0.382 e. The van der Waals surface area contributed by atoms with Gasteiger partial charge < -0.3 is 11.1 Å². The Bertz CT molecular complexity index is 1180. The molecule has 0 saturated carbocycles. The zero-order valence-corrected chi connectivity index (χ0v) is 19.4. The van der Waals surface area contributed by atoms with Crippen LogP contribution in [0.1, 0.15) is 49.0 Å². The molecule has 4 aromatic rings. The number of nitrogens with one attached hydrogen (secondary N) is 1. The van der Waals surface area contributed by atoms with Gasteiger partial charge >= 0.3 is 0 Å². The number of rotatable bonds is 6. The Kier molecular flexibility index (Phi) is 7.71. The van der Waals surface area contributed by atoms with Gasteiger partial charge in [0.15, 0.2) is 5.82 Å². The van der Waals surface area contributed by atoms with Crippen LogP contribution in [0.3, 0.4) is 0 Å². The van der Waals surface area contributed by atoms with Crippen LogP contribution in [0.25, 0.3) is 32.2 Å². The summed E-state index contributed by atoms with van der Waals surface area (Å²) >= 11 is 1.70. The van der Waals surface area contributed by atoms with E-state index in [0.29, 0.717) is 17.4 Å². The van der Waals surface area contributed by atoms with Crippen molar-refractivity contribution in [2.24, 2.45) is 0 Å². The lowest BCUT2D eigenvalue weighted by molar-refractivity contribution is 0.112. The molecule has 31 heavy (non-hydrogen) atoms. The highest BCUT2D eigenvalue weighted by Crippen LogP contribution is 2.34. The molecule has 4 rings (SSSR count). The molecule has 0 spiro atoms. The molecule has 2 aromatic heterocycles. The molecule has 162 valence electrons.